The van der Waals surface area contributed by atoms with Crippen molar-refractivity contribution in [3.8, 4) is 5.75 Å². The van der Waals surface area contributed by atoms with Crippen LogP contribution in [0.1, 0.15) is 21.5 Å². The van der Waals surface area contributed by atoms with E-state index in [2.05, 4.69) is 5.32 Å². The zero-order chi connectivity index (χ0) is 24.9. The normalized spacial score (nSPS) is 11.8. The predicted molar refractivity (Wildman–Crippen MR) is 141 cm³/mol. The second kappa shape index (κ2) is 10.3. The fourth-order valence-corrected chi connectivity index (χ4v) is 4.33. The van der Waals surface area contributed by atoms with Gasteiger partial charge in [-0.1, -0.05) is 84.9 Å². The van der Waals surface area contributed by atoms with Gasteiger partial charge in [-0.2, -0.15) is 0 Å². The maximum Gasteiger partial charge on any atom is 0.326 e. The summed E-state index contributed by atoms with van der Waals surface area (Å²) in [5.74, 6) is -0.754. The van der Waals surface area contributed by atoms with Crippen molar-refractivity contribution in [1.29, 1.82) is 0 Å². The lowest BCUT2D eigenvalue weighted by molar-refractivity contribution is -0.139. The zero-order valence-electron chi connectivity index (χ0n) is 19.6. The van der Waals surface area contributed by atoms with E-state index in [0.29, 0.717) is 12.2 Å². The lowest BCUT2D eigenvalue weighted by Gasteiger charge is -2.16. The van der Waals surface area contributed by atoms with E-state index < -0.39 is 17.9 Å². The van der Waals surface area contributed by atoms with E-state index in [1.165, 1.54) is 0 Å². The molecule has 0 fully saturated rings. The number of carboxylic acid groups (broad SMARTS) is 1. The summed E-state index contributed by atoms with van der Waals surface area (Å²) in [5.41, 5.74) is 2.37. The number of hydrogen-bond donors (Lipinski definition) is 2. The quantitative estimate of drug-likeness (QED) is 0.289. The number of carbonyl (C=O) groups excluding carboxylic acids is 1. The molecule has 0 bridgehead atoms. The Labute approximate surface area is 209 Å². The van der Waals surface area contributed by atoms with E-state index in [1.54, 1.807) is 12.1 Å². The molecule has 1 amide bonds. The highest BCUT2D eigenvalue weighted by atomic mass is 16.5. The van der Waals surface area contributed by atoms with Crippen LogP contribution in [-0.4, -0.2) is 23.0 Å². The molecule has 5 heteroatoms. The highest BCUT2D eigenvalue weighted by molar-refractivity contribution is 6.00. The molecule has 0 saturated carbocycles. The van der Waals surface area contributed by atoms with Crippen LogP contribution in [0.3, 0.4) is 0 Å². The molecule has 0 unspecified atom stereocenters. The molecule has 5 rings (SSSR count). The van der Waals surface area contributed by atoms with Crippen LogP contribution in [0.25, 0.3) is 21.5 Å². The molecule has 5 aromatic rings. The van der Waals surface area contributed by atoms with E-state index in [4.69, 9.17) is 4.74 Å². The highest BCUT2D eigenvalue weighted by Crippen LogP contribution is 2.24. The van der Waals surface area contributed by atoms with Gasteiger partial charge in [0.1, 0.15) is 18.4 Å². The number of fused-ring (bicyclic) bond motifs is 2. The number of benzene rings is 5. The molecule has 0 aliphatic rings. The van der Waals surface area contributed by atoms with Crippen LogP contribution in [0.5, 0.6) is 5.75 Å². The fraction of sp³-hybridized carbons (Fsp3) is 0.0968. The maximum atomic E-state index is 13.0. The van der Waals surface area contributed by atoms with Crippen molar-refractivity contribution in [2.24, 2.45) is 0 Å². The van der Waals surface area contributed by atoms with Crippen molar-refractivity contribution < 1.29 is 19.4 Å². The van der Waals surface area contributed by atoms with Gasteiger partial charge in [-0.15, -0.1) is 0 Å². The average Bonchev–Trinajstić information content (AvgIpc) is 2.91. The van der Waals surface area contributed by atoms with Gasteiger partial charge in [0.2, 0.25) is 0 Å². The molecule has 0 aliphatic heterocycles. The third kappa shape index (κ3) is 5.20. The number of rotatable bonds is 8. The summed E-state index contributed by atoms with van der Waals surface area (Å²) in [6.07, 6.45) is 0.193. The number of aliphatic carboxylic acids is 1. The Morgan fingerprint density at radius 3 is 2.31 bits per heavy atom. The third-order valence-electron chi connectivity index (χ3n) is 6.23. The molecule has 0 radical (unpaired) electrons. The topological polar surface area (TPSA) is 75.6 Å². The highest BCUT2D eigenvalue weighted by Gasteiger charge is 2.22. The second-order valence-electron chi connectivity index (χ2n) is 8.70. The van der Waals surface area contributed by atoms with Gasteiger partial charge in [0.25, 0.3) is 5.91 Å². The first-order valence-electron chi connectivity index (χ1n) is 11.8. The van der Waals surface area contributed by atoms with E-state index in [0.717, 1.165) is 38.4 Å². The Kier molecular flexibility index (Phi) is 6.63. The van der Waals surface area contributed by atoms with E-state index in [1.807, 2.05) is 97.1 Å². The summed E-state index contributed by atoms with van der Waals surface area (Å²) < 4.78 is 5.90. The standard InChI is InChI=1S/C31H25NO4/c33-30(32-29(31(34)35)19-25-11-6-10-22-9-4-5-12-28(22)25)26-14-13-24-18-27(16-15-23(24)17-26)36-20-21-7-2-1-3-8-21/h1-18,29H,19-20H2,(H,32,33)(H,34,35)/t29-/m0/s1. The van der Waals surface area contributed by atoms with E-state index in [9.17, 15) is 14.7 Å². The summed E-state index contributed by atoms with van der Waals surface area (Å²) in [5, 5.41) is 16.3. The number of amides is 1. The van der Waals surface area contributed by atoms with Crippen LogP contribution in [0, 0.1) is 0 Å². The number of hydrogen-bond acceptors (Lipinski definition) is 3. The van der Waals surface area contributed by atoms with Gasteiger partial charge < -0.3 is 15.2 Å². The van der Waals surface area contributed by atoms with Gasteiger partial charge in [0, 0.05) is 12.0 Å². The van der Waals surface area contributed by atoms with Gasteiger partial charge in [-0.25, -0.2) is 4.79 Å². The Balaban J connectivity index is 1.30. The molecule has 1 atom stereocenters. The van der Waals surface area contributed by atoms with Crippen LogP contribution in [0.4, 0.5) is 0 Å². The van der Waals surface area contributed by atoms with Crippen LogP contribution < -0.4 is 10.1 Å². The molecular weight excluding hydrogens is 450 g/mol. The zero-order valence-corrected chi connectivity index (χ0v) is 19.6. The Hall–Kier alpha value is -4.64. The largest absolute Gasteiger partial charge is 0.489 e. The Morgan fingerprint density at radius 2 is 1.47 bits per heavy atom. The minimum atomic E-state index is -1.07. The van der Waals surface area contributed by atoms with Crippen LogP contribution in [-0.2, 0) is 17.8 Å². The average molecular weight is 476 g/mol. The molecule has 5 nitrogen and oxygen atoms in total. The SMILES string of the molecule is O=C(N[C@@H](Cc1cccc2ccccc12)C(=O)O)c1ccc2cc(OCc3ccccc3)ccc2c1. The fourth-order valence-electron chi connectivity index (χ4n) is 4.33. The minimum Gasteiger partial charge on any atom is -0.489 e. The molecular formula is C31H25NO4. The van der Waals surface area contributed by atoms with Gasteiger partial charge in [0.15, 0.2) is 0 Å². The molecule has 0 saturated heterocycles. The summed E-state index contributed by atoms with van der Waals surface area (Å²) in [7, 11) is 0. The molecule has 2 N–H and O–H groups in total. The number of carboxylic acids is 1. The molecule has 5 aromatic carbocycles. The van der Waals surface area contributed by atoms with Crippen LogP contribution in [0.2, 0.25) is 0 Å². The summed E-state index contributed by atoms with van der Waals surface area (Å²) >= 11 is 0. The lowest BCUT2D eigenvalue weighted by atomic mass is 9.98. The smallest absolute Gasteiger partial charge is 0.326 e. The van der Waals surface area contributed by atoms with Crippen molar-refractivity contribution in [3.63, 3.8) is 0 Å². The molecule has 0 spiro atoms. The van der Waals surface area contributed by atoms with Crippen LogP contribution in [0.15, 0.2) is 109 Å². The molecule has 36 heavy (non-hydrogen) atoms. The number of carbonyl (C=O) groups is 2. The molecule has 0 aromatic heterocycles. The summed E-state index contributed by atoms with van der Waals surface area (Å²) in [6.45, 7) is 0.472. The summed E-state index contributed by atoms with van der Waals surface area (Å²) in [6, 6.07) is 33.5. The number of ether oxygens (including phenoxy) is 1. The summed E-state index contributed by atoms with van der Waals surface area (Å²) in [4.78, 5) is 25.0. The first-order valence-corrected chi connectivity index (χ1v) is 11.8. The Morgan fingerprint density at radius 1 is 0.750 bits per heavy atom. The van der Waals surface area contributed by atoms with Crippen molar-refractivity contribution in [3.05, 3.63) is 126 Å². The Bertz CT molecular complexity index is 1540. The predicted octanol–water partition coefficient (Wildman–Crippen LogP) is 6.00. The van der Waals surface area contributed by atoms with E-state index >= 15 is 0 Å². The van der Waals surface area contributed by atoms with Crippen molar-refractivity contribution >= 4 is 33.4 Å². The molecule has 0 heterocycles. The first-order chi connectivity index (χ1) is 17.6. The maximum absolute atomic E-state index is 13.0. The van der Waals surface area contributed by atoms with E-state index in [-0.39, 0.29) is 6.42 Å². The molecule has 0 aliphatic carbocycles. The van der Waals surface area contributed by atoms with Crippen LogP contribution >= 0.6 is 0 Å². The van der Waals surface area contributed by atoms with Crippen molar-refractivity contribution in [2.75, 3.05) is 0 Å². The van der Waals surface area contributed by atoms with Gasteiger partial charge in [-0.05, 0) is 56.9 Å². The van der Waals surface area contributed by atoms with Crippen molar-refractivity contribution in [1.82, 2.24) is 5.32 Å². The second-order valence-corrected chi connectivity index (χ2v) is 8.70. The van der Waals surface area contributed by atoms with Gasteiger partial charge in [-0.3, -0.25) is 4.79 Å². The third-order valence-corrected chi connectivity index (χ3v) is 6.23. The number of nitrogens with one attached hydrogen (secondary N) is 1. The molecule has 178 valence electrons. The first kappa shape index (κ1) is 23.1. The monoisotopic (exact) mass is 475 g/mol. The van der Waals surface area contributed by atoms with Crippen molar-refractivity contribution in [2.45, 2.75) is 19.1 Å². The minimum absolute atomic E-state index is 0.193. The van der Waals surface area contributed by atoms with Gasteiger partial charge >= 0.3 is 5.97 Å². The lowest BCUT2D eigenvalue weighted by Crippen LogP contribution is -2.42. The van der Waals surface area contributed by atoms with Gasteiger partial charge in [0.05, 0.1) is 0 Å².